The number of halogens is 3. The molecule has 2 aliphatic rings. The van der Waals surface area contributed by atoms with Crippen molar-refractivity contribution in [1.29, 1.82) is 0 Å². The number of rotatable bonds is 5. The predicted molar refractivity (Wildman–Crippen MR) is 118 cm³/mol. The first kappa shape index (κ1) is 23.5. The summed E-state index contributed by atoms with van der Waals surface area (Å²) in [5.41, 5.74) is -0.00629. The molecule has 33 heavy (non-hydrogen) atoms. The Balaban J connectivity index is 1.49. The standard InChI is InChI=1S/C24H30F3N3O3/c1-4-16(2)33-18-6-5-17(15-19(18)32-3)22(31)29-12-9-23(10-13-29)20-7-8-21(24(25,26)27)30(20)14-11-28-23/h5-8,15-16,28H,4,9-14H2,1-3H3/t16-/m1/s1. The fourth-order valence-corrected chi connectivity index (χ4v) is 4.78. The Morgan fingerprint density at radius 1 is 1.15 bits per heavy atom. The number of ether oxygens (including phenoxy) is 2. The molecule has 0 aliphatic carbocycles. The Hall–Kier alpha value is -2.68. The highest BCUT2D eigenvalue weighted by Gasteiger charge is 2.44. The van der Waals surface area contributed by atoms with E-state index in [1.807, 2.05) is 13.8 Å². The lowest BCUT2D eigenvalue weighted by Crippen LogP contribution is -2.56. The highest BCUT2D eigenvalue weighted by atomic mass is 19.4. The van der Waals surface area contributed by atoms with Gasteiger partial charge in [0.25, 0.3) is 5.91 Å². The monoisotopic (exact) mass is 465 g/mol. The van der Waals surface area contributed by atoms with E-state index in [9.17, 15) is 18.0 Å². The van der Waals surface area contributed by atoms with Crippen LogP contribution in [0.2, 0.25) is 0 Å². The second-order valence-electron chi connectivity index (χ2n) is 8.76. The molecule has 9 heteroatoms. The smallest absolute Gasteiger partial charge is 0.431 e. The van der Waals surface area contributed by atoms with Crippen molar-refractivity contribution in [3.05, 3.63) is 47.3 Å². The van der Waals surface area contributed by atoms with Crippen molar-refractivity contribution in [1.82, 2.24) is 14.8 Å². The quantitative estimate of drug-likeness (QED) is 0.710. The topological polar surface area (TPSA) is 55.7 Å². The van der Waals surface area contributed by atoms with Crippen LogP contribution in [0.25, 0.3) is 0 Å². The van der Waals surface area contributed by atoms with Gasteiger partial charge in [-0.05, 0) is 56.5 Å². The van der Waals surface area contributed by atoms with Crippen molar-refractivity contribution in [2.75, 3.05) is 26.7 Å². The van der Waals surface area contributed by atoms with Crippen molar-refractivity contribution >= 4 is 5.91 Å². The van der Waals surface area contributed by atoms with E-state index in [1.165, 1.54) is 11.7 Å². The number of carbonyl (C=O) groups is 1. The number of amides is 1. The largest absolute Gasteiger partial charge is 0.493 e. The van der Waals surface area contributed by atoms with Gasteiger partial charge in [-0.1, -0.05) is 6.92 Å². The van der Waals surface area contributed by atoms with E-state index in [4.69, 9.17) is 9.47 Å². The molecule has 0 unspecified atom stereocenters. The molecule has 1 atom stereocenters. The van der Waals surface area contributed by atoms with E-state index in [0.717, 1.165) is 12.5 Å². The molecule has 1 amide bonds. The second-order valence-corrected chi connectivity index (χ2v) is 8.76. The zero-order valence-corrected chi connectivity index (χ0v) is 19.2. The summed E-state index contributed by atoms with van der Waals surface area (Å²) < 4.78 is 52.8. The maximum atomic E-state index is 13.4. The van der Waals surface area contributed by atoms with Crippen LogP contribution in [0.4, 0.5) is 13.2 Å². The number of carbonyl (C=O) groups excluding carboxylic acids is 1. The Bertz CT molecular complexity index is 1010. The Morgan fingerprint density at radius 3 is 2.52 bits per heavy atom. The van der Waals surface area contributed by atoms with Crippen molar-refractivity contribution in [3.8, 4) is 11.5 Å². The van der Waals surface area contributed by atoms with Gasteiger partial charge >= 0.3 is 6.18 Å². The Kier molecular flexibility index (Phi) is 6.35. The van der Waals surface area contributed by atoms with Crippen LogP contribution in [0.3, 0.4) is 0 Å². The van der Waals surface area contributed by atoms with Crippen LogP contribution in [-0.2, 0) is 18.3 Å². The van der Waals surface area contributed by atoms with Gasteiger partial charge in [-0.2, -0.15) is 13.2 Å². The summed E-state index contributed by atoms with van der Waals surface area (Å²) in [6, 6.07) is 7.90. The number of fused-ring (bicyclic) bond motifs is 2. The van der Waals surface area contributed by atoms with E-state index >= 15 is 0 Å². The normalized spacial score (nSPS) is 18.7. The maximum Gasteiger partial charge on any atom is 0.431 e. The van der Waals surface area contributed by atoms with Gasteiger partial charge in [0.15, 0.2) is 11.5 Å². The van der Waals surface area contributed by atoms with Crippen LogP contribution < -0.4 is 14.8 Å². The molecule has 1 saturated heterocycles. The SMILES string of the molecule is CC[C@@H](C)Oc1ccc(C(=O)N2CCC3(CC2)NCCn2c(C(F)(F)F)ccc23)cc1OC. The van der Waals surface area contributed by atoms with Gasteiger partial charge in [0.2, 0.25) is 0 Å². The molecule has 1 fully saturated rings. The summed E-state index contributed by atoms with van der Waals surface area (Å²) in [6.45, 7) is 5.65. The van der Waals surface area contributed by atoms with E-state index in [1.54, 1.807) is 29.2 Å². The molecule has 1 N–H and O–H groups in total. The third-order valence-electron chi connectivity index (χ3n) is 6.78. The summed E-state index contributed by atoms with van der Waals surface area (Å²) in [7, 11) is 1.54. The van der Waals surface area contributed by atoms with Crippen LogP contribution in [0.15, 0.2) is 30.3 Å². The maximum absolute atomic E-state index is 13.4. The highest BCUT2D eigenvalue weighted by Crippen LogP contribution is 2.40. The molecule has 0 saturated carbocycles. The van der Waals surface area contributed by atoms with E-state index in [-0.39, 0.29) is 18.6 Å². The molecule has 180 valence electrons. The molecule has 6 nitrogen and oxygen atoms in total. The number of hydrogen-bond acceptors (Lipinski definition) is 4. The summed E-state index contributed by atoms with van der Waals surface area (Å²) in [5, 5.41) is 3.44. The number of likely N-dealkylation sites (tertiary alicyclic amines) is 1. The molecule has 0 radical (unpaired) electrons. The molecule has 2 aliphatic heterocycles. The van der Waals surface area contributed by atoms with Crippen LogP contribution in [-0.4, -0.2) is 48.2 Å². The van der Waals surface area contributed by atoms with Gasteiger partial charge in [-0.15, -0.1) is 0 Å². The average Bonchev–Trinajstić information content (AvgIpc) is 3.26. The van der Waals surface area contributed by atoms with Crippen molar-refractivity contribution in [2.24, 2.45) is 0 Å². The van der Waals surface area contributed by atoms with E-state index in [0.29, 0.717) is 55.2 Å². The summed E-state index contributed by atoms with van der Waals surface area (Å²) in [6.07, 6.45) is -2.41. The predicted octanol–water partition coefficient (Wildman–Crippen LogP) is 4.43. The molecule has 1 aromatic heterocycles. The minimum absolute atomic E-state index is 0.0264. The van der Waals surface area contributed by atoms with Crippen LogP contribution in [0.1, 0.15) is 54.9 Å². The Labute approximate surface area is 191 Å². The number of hydrogen-bond donors (Lipinski definition) is 1. The van der Waals surface area contributed by atoms with Gasteiger partial charge in [0.05, 0.1) is 18.8 Å². The number of methoxy groups -OCH3 is 1. The minimum Gasteiger partial charge on any atom is -0.493 e. The van der Waals surface area contributed by atoms with Gasteiger partial charge in [-0.3, -0.25) is 4.79 Å². The van der Waals surface area contributed by atoms with E-state index in [2.05, 4.69) is 5.32 Å². The van der Waals surface area contributed by atoms with Crippen LogP contribution in [0.5, 0.6) is 11.5 Å². The third kappa shape index (κ3) is 4.43. The Morgan fingerprint density at radius 2 is 1.88 bits per heavy atom. The molecule has 3 heterocycles. The zero-order valence-electron chi connectivity index (χ0n) is 19.2. The molecular formula is C24H30F3N3O3. The zero-order chi connectivity index (χ0) is 23.8. The van der Waals surface area contributed by atoms with Crippen LogP contribution >= 0.6 is 0 Å². The van der Waals surface area contributed by atoms with Crippen molar-refractivity contribution in [3.63, 3.8) is 0 Å². The fourth-order valence-electron chi connectivity index (χ4n) is 4.78. The first-order valence-corrected chi connectivity index (χ1v) is 11.3. The van der Waals surface area contributed by atoms with Crippen LogP contribution in [0, 0.1) is 0 Å². The fraction of sp³-hybridized carbons (Fsp3) is 0.542. The number of benzene rings is 1. The molecular weight excluding hydrogens is 435 g/mol. The van der Waals surface area contributed by atoms with E-state index < -0.39 is 17.4 Å². The number of nitrogens with zero attached hydrogens (tertiary/aromatic N) is 2. The lowest BCUT2D eigenvalue weighted by atomic mass is 9.83. The first-order valence-electron chi connectivity index (χ1n) is 11.3. The number of nitrogens with one attached hydrogen (secondary N) is 1. The molecule has 2 aromatic rings. The summed E-state index contributed by atoms with van der Waals surface area (Å²) in [4.78, 5) is 14.9. The lowest BCUT2D eigenvalue weighted by Gasteiger charge is -2.45. The second kappa shape index (κ2) is 8.93. The molecule has 4 rings (SSSR count). The van der Waals surface area contributed by atoms with Gasteiger partial charge < -0.3 is 24.3 Å². The number of alkyl halides is 3. The lowest BCUT2D eigenvalue weighted by molar-refractivity contribution is -0.144. The van der Waals surface area contributed by atoms with Gasteiger partial charge in [-0.25, -0.2) is 0 Å². The minimum atomic E-state index is -4.38. The number of aromatic nitrogens is 1. The third-order valence-corrected chi connectivity index (χ3v) is 6.78. The number of piperidine rings is 1. The molecule has 1 aromatic carbocycles. The first-order chi connectivity index (χ1) is 15.7. The van der Waals surface area contributed by atoms with Gasteiger partial charge in [0.1, 0.15) is 5.69 Å². The van der Waals surface area contributed by atoms with Gasteiger partial charge in [0, 0.05) is 37.4 Å². The highest BCUT2D eigenvalue weighted by molar-refractivity contribution is 5.95. The summed E-state index contributed by atoms with van der Waals surface area (Å²) >= 11 is 0. The summed E-state index contributed by atoms with van der Waals surface area (Å²) in [5.74, 6) is 0.968. The molecule has 1 spiro atoms. The molecule has 0 bridgehead atoms. The van der Waals surface area contributed by atoms with Crippen molar-refractivity contribution in [2.45, 2.75) is 57.5 Å². The average molecular weight is 466 g/mol. The van der Waals surface area contributed by atoms with Crippen molar-refractivity contribution < 1.29 is 27.4 Å².